The van der Waals surface area contributed by atoms with Gasteiger partial charge in [0.15, 0.2) is 5.82 Å². The molecule has 2 atom stereocenters. The van der Waals surface area contributed by atoms with Gasteiger partial charge in [-0.15, -0.1) is 0 Å². The van der Waals surface area contributed by atoms with Crippen LogP contribution in [0.5, 0.6) is 0 Å². The highest BCUT2D eigenvalue weighted by Gasteiger charge is 2.37. The first-order valence-electron chi connectivity index (χ1n) is 9.08. The Kier molecular flexibility index (Phi) is 4.37. The maximum absolute atomic E-state index is 9.33. The van der Waals surface area contributed by atoms with Crippen molar-refractivity contribution in [2.24, 2.45) is 5.92 Å². The number of aliphatic hydroxyl groups excluding tert-OH is 1. The summed E-state index contributed by atoms with van der Waals surface area (Å²) >= 11 is 0. The molecule has 0 spiro atoms. The Balaban J connectivity index is 1.51. The summed E-state index contributed by atoms with van der Waals surface area (Å²) in [6.07, 6.45) is 5.07. The molecular formula is C19H26N4O. The second-order valence-electron chi connectivity index (χ2n) is 7.25. The molecule has 2 aromatic rings. The highest BCUT2D eigenvalue weighted by atomic mass is 16.3. The number of piperidine rings is 1. The van der Waals surface area contributed by atoms with Crippen molar-refractivity contribution in [2.45, 2.75) is 45.2 Å². The number of hydrogen-bond donors (Lipinski definition) is 1. The van der Waals surface area contributed by atoms with E-state index in [0.717, 1.165) is 42.1 Å². The Morgan fingerprint density at radius 1 is 1.25 bits per heavy atom. The van der Waals surface area contributed by atoms with Crippen LogP contribution in [0.15, 0.2) is 24.3 Å². The maximum Gasteiger partial charge on any atom is 0.181 e. The highest BCUT2D eigenvalue weighted by Crippen LogP contribution is 2.37. The summed E-state index contributed by atoms with van der Waals surface area (Å²) in [6, 6.07) is 9.08. The average Bonchev–Trinajstić information content (AvgIpc) is 3.28. The number of aliphatic hydroxyl groups is 1. The fourth-order valence-corrected chi connectivity index (χ4v) is 4.28. The van der Waals surface area contributed by atoms with Gasteiger partial charge in [-0.25, -0.2) is 9.67 Å². The third-order valence-corrected chi connectivity index (χ3v) is 5.48. The molecule has 2 bridgehead atoms. The summed E-state index contributed by atoms with van der Waals surface area (Å²) in [5.74, 6) is 2.68. The minimum atomic E-state index is 0.0953. The monoisotopic (exact) mass is 326 g/mol. The molecule has 5 nitrogen and oxygen atoms in total. The van der Waals surface area contributed by atoms with Crippen LogP contribution in [-0.4, -0.2) is 50.5 Å². The lowest BCUT2D eigenvalue weighted by molar-refractivity contribution is 0.212. The first kappa shape index (κ1) is 15.8. The van der Waals surface area contributed by atoms with Crippen molar-refractivity contribution in [2.75, 3.05) is 19.7 Å². The lowest BCUT2D eigenvalue weighted by Gasteiger charge is -2.26. The Morgan fingerprint density at radius 2 is 2.17 bits per heavy atom. The normalized spacial score (nSPS) is 23.2. The van der Waals surface area contributed by atoms with E-state index >= 15 is 0 Å². The van der Waals surface area contributed by atoms with Gasteiger partial charge in [-0.1, -0.05) is 23.8 Å². The fraction of sp³-hybridized carbons (Fsp3) is 0.579. The molecule has 1 aromatic heterocycles. The Bertz CT molecular complexity index is 711. The molecule has 24 heavy (non-hydrogen) atoms. The van der Waals surface area contributed by atoms with Gasteiger partial charge in [-0.05, 0) is 38.2 Å². The van der Waals surface area contributed by atoms with Crippen LogP contribution in [0.25, 0.3) is 11.4 Å². The van der Waals surface area contributed by atoms with Crippen molar-refractivity contribution >= 4 is 0 Å². The predicted molar refractivity (Wildman–Crippen MR) is 93.7 cm³/mol. The molecule has 1 aliphatic heterocycles. The summed E-state index contributed by atoms with van der Waals surface area (Å²) in [5.41, 5.74) is 2.26. The number of hydrogen-bond acceptors (Lipinski definition) is 4. The lowest BCUT2D eigenvalue weighted by atomic mass is 10.1. The first-order chi connectivity index (χ1) is 11.7. The molecule has 1 saturated heterocycles. The van der Waals surface area contributed by atoms with Gasteiger partial charge in [0.05, 0.1) is 13.2 Å². The smallest absolute Gasteiger partial charge is 0.181 e. The molecule has 1 N–H and O–H groups in total. The van der Waals surface area contributed by atoms with Gasteiger partial charge in [-0.3, -0.25) is 4.90 Å². The fourth-order valence-electron chi connectivity index (χ4n) is 4.28. The summed E-state index contributed by atoms with van der Waals surface area (Å²) in [7, 11) is 0. The van der Waals surface area contributed by atoms with E-state index in [1.54, 1.807) is 0 Å². The maximum atomic E-state index is 9.33. The molecule has 1 aliphatic carbocycles. The minimum absolute atomic E-state index is 0.0953. The largest absolute Gasteiger partial charge is 0.394 e. The van der Waals surface area contributed by atoms with E-state index in [9.17, 15) is 5.11 Å². The molecule has 2 heterocycles. The van der Waals surface area contributed by atoms with Gasteiger partial charge in [0.25, 0.3) is 0 Å². The molecule has 128 valence electrons. The Hall–Kier alpha value is -1.72. The van der Waals surface area contributed by atoms with Gasteiger partial charge >= 0.3 is 0 Å². The minimum Gasteiger partial charge on any atom is -0.394 e. The SMILES string of the molecule is Cc1cccc(-c2nc(CCN3C[C@@H]4CC[C@H]3C4)n(CCO)n2)c1. The summed E-state index contributed by atoms with van der Waals surface area (Å²) in [5, 5.41) is 14.0. The summed E-state index contributed by atoms with van der Waals surface area (Å²) in [6.45, 7) is 5.00. The number of likely N-dealkylation sites (tertiary alicyclic amines) is 1. The van der Waals surface area contributed by atoms with Crippen molar-refractivity contribution in [3.8, 4) is 11.4 Å². The number of rotatable bonds is 6. The number of aryl methyl sites for hydroxylation is 1. The zero-order chi connectivity index (χ0) is 16.5. The summed E-state index contributed by atoms with van der Waals surface area (Å²) in [4.78, 5) is 7.40. The van der Waals surface area contributed by atoms with Crippen LogP contribution >= 0.6 is 0 Å². The third kappa shape index (κ3) is 3.10. The molecule has 2 aliphatic rings. The van der Waals surface area contributed by atoms with Gasteiger partial charge in [0, 0.05) is 31.1 Å². The van der Waals surface area contributed by atoms with E-state index in [-0.39, 0.29) is 6.61 Å². The van der Waals surface area contributed by atoms with Gasteiger partial charge in [-0.2, -0.15) is 5.10 Å². The Morgan fingerprint density at radius 3 is 2.88 bits per heavy atom. The van der Waals surface area contributed by atoms with Crippen LogP contribution in [0.1, 0.15) is 30.7 Å². The second-order valence-corrected chi connectivity index (χ2v) is 7.25. The molecule has 0 radical (unpaired) electrons. The van der Waals surface area contributed by atoms with Crippen LogP contribution in [0.4, 0.5) is 0 Å². The van der Waals surface area contributed by atoms with Crippen molar-refractivity contribution < 1.29 is 5.11 Å². The number of benzene rings is 1. The first-order valence-corrected chi connectivity index (χ1v) is 9.08. The number of fused-ring (bicyclic) bond motifs is 2. The van der Waals surface area contributed by atoms with E-state index < -0.39 is 0 Å². The van der Waals surface area contributed by atoms with E-state index in [2.05, 4.69) is 35.1 Å². The van der Waals surface area contributed by atoms with E-state index in [4.69, 9.17) is 4.98 Å². The van der Waals surface area contributed by atoms with Gasteiger partial charge in [0.1, 0.15) is 5.82 Å². The van der Waals surface area contributed by atoms with Crippen molar-refractivity contribution in [3.63, 3.8) is 0 Å². The molecule has 5 heteroatoms. The molecule has 2 fully saturated rings. The zero-order valence-electron chi connectivity index (χ0n) is 14.4. The summed E-state index contributed by atoms with van der Waals surface area (Å²) < 4.78 is 1.88. The van der Waals surface area contributed by atoms with Crippen LogP contribution in [-0.2, 0) is 13.0 Å². The van der Waals surface area contributed by atoms with Crippen LogP contribution < -0.4 is 0 Å². The zero-order valence-corrected chi connectivity index (χ0v) is 14.4. The lowest BCUT2D eigenvalue weighted by Crippen LogP contribution is -2.34. The molecule has 0 amide bonds. The molecular weight excluding hydrogens is 300 g/mol. The Labute approximate surface area is 143 Å². The highest BCUT2D eigenvalue weighted by molar-refractivity contribution is 5.55. The quantitative estimate of drug-likeness (QED) is 0.885. The van der Waals surface area contributed by atoms with Crippen molar-refractivity contribution in [1.29, 1.82) is 0 Å². The topological polar surface area (TPSA) is 54.2 Å². The van der Waals surface area contributed by atoms with Gasteiger partial charge in [0.2, 0.25) is 0 Å². The predicted octanol–water partition coefficient (Wildman–Crippen LogP) is 2.27. The van der Waals surface area contributed by atoms with Crippen molar-refractivity contribution in [3.05, 3.63) is 35.7 Å². The standard InChI is InChI=1S/C19H26N4O/c1-14-3-2-4-16(11-14)19-20-18(23(21-19)9-10-24)7-8-22-13-15-5-6-17(22)12-15/h2-4,11,15,17,24H,5-10,12-13H2,1H3/t15-,17+/m1/s1. The molecule has 1 aromatic carbocycles. The molecule has 1 saturated carbocycles. The number of nitrogens with zero attached hydrogens (tertiary/aromatic N) is 4. The van der Waals surface area contributed by atoms with Crippen LogP contribution in [0.3, 0.4) is 0 Å². The molecule has 0 unspecified atom stereocenters. The van der Waals surface area contributed by atoms with E-state index in [1.807, 2.05) is 10.7 Å². The van der Waals surface area contributed by atoms with Crippen LogP contribution in [0, 0.1) is 12.8 Å². The second kappa shape index (κ2) is 6.65. The van der Waals surface area contributed by atoms with E-state index in [1.165, 1.54) is 31.4 Å². The van der Waals surface area contributed by atoms with Crippen LogP contribution in [0.2, 0.25) is 0 Å². The third-order valence-electron chi connectivity index (χ3n) is 5.48. The average molecular weight is 326 g/mol. The van der Waals surface area contributed by atoms with E-state index in [0.29, 0.717) is 6.54 Å². The number of aromatic nitrogens is 3. The van der Waals surface area contributed by atoms with Gasteiger partial charge < -0.3 is 5.11 Å². The van der Waals surface area contributed by atoms with Crippen molar-refractivity contribution in [1.82, 2.24) is 19.7 Å². The molecule has 4 rings (SSSR count).